The monoisotopic (exact) mass is 316 g/mol. The highest BCUT2D eigenvalue weighted by Gasteiger charge is 2.16. The van der Waals surface area contributed by atoms with E-state index in [1.165, 1.54) is 24.3 Å². The summed E-state index contributed by atoms with van der Waals surface area (Å²) in [5.41, 5.74) is 4.78. The fraction of sp³-hybridized carbons (Fsp3) is 0. The fourth-order valence-corrected chi connectivity index (χ4v) is 1.89. The molecule has 2 aromatic carbocycles. The van der Waals surface area contributed by atoms with Gasteiger partial charge in [0.05, 0.1) is 11.4 Å². The van der Waals surface area contributed by atoms with Crippen molar-refractivity contribution >= 4 is 40.2 Å². The van der Waals surface area contributed by atoms with Gasteiger partial charge in [-0.1, -0.05) is 23.8 Å². The van der Waals surface area contributed by atoms with E-state index in [0.717, 1.165) is 6.07 Å². The van der Waals surface area contributed by atoms with E-state index in [2.05, 4.69) is 17.5 Å². The zero-order valence-corrected chi connectivity index (χ0v) is 11.5. The Morgan fingerprint density at radius 1 is 1.05 bits per heavy atom. The van der Waals surface area contributed by atoms with Crippen LogP contribution in [-0.2, 0) is 0 Å². The summed E-state index contributed by atoms with van der Waals surface area (Å²) in [5.74, 6) is -3.06. The van der Waals surface area contributed by atoms with Gasteiger partial charge in [-0.3, -0.25) is 0 Å². The number of hydrogen-bond acceptors (Lipinski definition) is 2. The van der Waals surface area contributed by atoms with Gasteiger partial charge in [0.2, 0.25) is 0 Å². The van der Waals surface area contributed by atoms with Crippen molar-refractivity contribution in [2.24, 2.45) is 5.73 Å². The minimum atomic E-state index is -1.19. The number of halogens is 4. The Morgan fingerprint density at radius 2 is 1.70 bits per heavy atom. The third kappa shape index (κ3) is 2.86. The molecule has 0 aromatic heterocycles. The van der Waals surface area contributed by atoms with Gasteiger partial charge in [-0.15, -0.1) is 0 Å². The smallest absolute Gasteiger partial charge is 0.182 e. The summed E-state index contributed by atoms with van der Waals surface area (Å²) >= 11 is 10.2. The van der Waals surface area contributed by atoms with Gasteiger partial charge in [-0.05, 0) is 30.3 Å². The van der Waals surface area contributed by atoms with E-state index in [9.17, 15) is 13.2 Å². The van der Waals surface area contributed by atoms with Crippen molar-refractivity contribution in [2.75, 3.05) is 5.32 Å². The van der Waals surface area contributed by atoms with Crippen molar-refractivity contribution in [3.63, 3.8) is 0 Å². The summed E-state index contributed by atoms with van der Waals surface area (Å²) in [6.45, 7) is 0. The van der Waals surface area contributed by atoms with Crippen LogP contribution >= 0.6 is 23.8 Å². The molecule has 20 heavy (non-hydrogen) atoms. The molecule has 0 saturated heterocycles. The first-order valence-electron chi connectivity index (χ1n) is 5.40. The van der Waals surface area contributed by atoms with Crippen molar-refractivity contribution in [3.05, 3.63) is 58.4 Å². The molecule has 7 heteroatoms. The molecule has 2 rings (SSSR count). The summed E-state index contributed by atoms with van der Waals surface area (Å²) in [5, 5.41) is 2.64. The Hall–Kier alpha value is -1.79. The standard InChI is InChI=1S/C13H8ClF3N2S/c14-6-1-3-9(8(15)5-6)19-10-4-2-7(13(18)20)11(16)12(10)17/h1-5,19H,(H2,18,20). The third-order valence-electron chi connectivity index (χ3n) is 2.55. The van der Waals surface area contributed by atoms with Crippen LogP contribution in [0.3, 0.4) is 0 Å². The number of hydrogen-bond donors (Lipinski definition) is 2. The maximum absolute atomic E-state index is 13.8. The highest BCUT2D eigenvalue weighted by Crippen LogP contribution is 2.27. The average Bonchev–Trinajstić information content (AvgIpc) is 2.37. The van der Waals surface area contributed by atoms with E-state index in [0.29, 0.717) is 0 Å². The Morgan fingerprint density at radius 3 is 2.30 bits per heavy atom. The largest absolute Gasteiger partial charge is 0.389 e. The fourth-order valence-electron chi connectivity index (χ4n) is 1.57. The molecule has 3 N–H and O–H groups in total. The highest BCUT2D eigenvalue weighted by atomic mass is 35.5. The maximum Gasteiger partial charge on any atom is 0.182 e. The van der Waals surface area contributed by atoms with Gasteiger partial charge in [0.15, 0.2) is 11.6 Å². The number of nitrogens with one attached hydrogen (secondary N) is 1. The summed E-state index contributed by atoms with van der Waals surface area (Å²) in [6, 6.07) is 6.24. The number of anilines is 2. The van der Waals surface area contributed by atoms with Crippen molar-refractivity contribution in [1.82, 2.24) is 0 Å². The lowest BCUT2D eigenvalue weighted by Gasteiger charge is -2.11. The molecule has 0 aliphatic heterocycles. The van der Waals surface area contributed by atoms with Gasteiger partial charge in [0.25, 0.3) is 0 Å². The molecule has 0 saturated carbocycles. The lowest BCUT2D eigenvalue weighted by molar-refractivity contribution is 0.510. The summed E-state index contributed by atoms with van der Waals surface area (Å²) in [7, 11) is 0. The second kappa shape index (κ2) is 5.68. The number of rotatable bonds is 3. The molecular formula is C13H8ClF3N2S. The topological polar surface area (TPSA) is 38.0 Å². The van der Waals surface area contributed by atoms with Gasteiger partial charge in [-0.2, -0.15) is 0 Å². The van der Waals surface area contributed by atoms with E-state index in [1.807, 2.05) is 0 Å². The first-order chi connectivity index (χ1) is 9.40. The zero-order chi connectivity index (χ0) is 14.9. The van der Waals surface area contributed by atoms with Crippen molar-refractivity contribution in [3.8, 4) is 0 Å². The predicted molar refractivity (Wildman–Crippen MR) is 76.9 cm³/mol. The van der Waals surface area contributed by atoms with E-state index in [-0.39, 0.29) is 26.9 Å². The van der Waals surface area contributed by atoms with Crippen LogP contribution in [0.5, 0.6) is 0 Å². The van der Waals surface area contributed by atoms with Gasteiger partial charge in [0.1, 0.15) is 10.8 Å². The Kier molecular flexibility index (Phi) is 4.15. The van der Waals surface area contributed by atoms with Crippen LogP contribution < -0.4 is 11.1 Å². The zero-order valence-electron chi connectivity index (χ0n) is 9.88. The molecule has 0 aliphatic carbocycles. The first kappa shape index (κ1) is 14.6. The quantitative estimate of drug-likeness (QED) is 0.836. The maximum atomic E-state index is 13.8. The Balaban J connectivity index is 2.39. The minimum absolute atomic E-state index is 0.0317. The molecule has 0 unspecified atom stereocenters. The molecule has 0 atom stereocenters. The molecule has 104 valence electrons. The van der Waals surface area contributed by atoms with Crippen LogP contribution in [0.4, 0.5) is 24.5 Å². The third-order valence-corrected chi connectivity index (χ3v) is 3.00. The van der Waals surface area contributed by atoms with Crippen molar-refractivity contribution in [1.29, 1.82) is 0 Å². The highest BCUT2D eigenvalue weighted by molar-refractivity contribution is 7.80. The van der Waals surface area contributed by atoms with Crippen molar-refractivity contribution < 1.29 is 13.2 Å². The molecule has 2 aromatic rings. The van der Waals surface area contributed by atoms with Crippen LogP contribution in [0.25, 0.3) is 0 Å². The van der Waals surface area contributed by atoms with Gasteiger partial charge >= 0.3 is 0 Å². The Bertz CT molecular complexity index is 692. The van der Waals surface area contributed by atoms with Crippen LogP contribution in [0.15, 0.2) is 30.3 Å². The molecule has 0 heterocycles. The van der Waals surface area contributed by atoms with Crippen LogP contribution in [-0.4, -0.2) is 4.99 Å². The predicted octanol–water partition coefficient (Wildman–Crippen LogP) is 4.14. The normalized spacial score (nSPS) is 10.4. The molecule has 0 bridgehead atoms. The summed E-state index contributed by atoms with van der Waals surface area (Å²) < 4.78 is 41.1. The van der Waals surface area contributed by atoms with Crippen LogP contribution in [0.2, 0.25) is 5.02 Å². The van der Waals surface area contributed by atoms with Crippen LogP contribution in [0, 0.1) is 17.5 Å². The lowest BCUT2D eigenvalue weighted by atomic mass is 10.1. The first-order valence-corrected chi connectivity index (χ1v) is 6.18. The van der Waals surface area contributed by atoms with E-state index in [1.54, 1.807) is 0 Å². The van der Waals surface area contributed by atoms with Crippen molar-refractivity contribution in [2.45, 2.75) is 0 Å². The molecular weight excluding hydrogens is 309 g/mol. The molecule has 2 nitrogen and oxygen atoms in total. The van der Waals surface area contributed by atoms with E-state index in [4.69, 9.17) is 17.3 Å². The molecule has 0 aliphatic rings. The second-order valence-corrected chi connectivity index (χ2v) is 4.78. The average molecular weight is 317 g/mol. The Labute approximate surface area is 123 Å². The van der Waals surface area contributed by atoms with Crippen LogP contribution in [0.1, 0.15) is 5.56 Å². The van der Waals surface area contributed by atoms with E-state index >= 15 is 0 Å². The SMILES string of the molecule is NC(=S)c1ccc(Nc2ccc(Cl)cc2F)c(F)c1F. The number of thiocarbonyl (C=S) groups is 1. The number of nitrogens with two attached hydrogens (primary N) is 1. The van der Waals surface area contributed by atoms with Gasteiger partial charge in [-0.25, -0.2) is 13.2 Å². The molecule has 0 amide bonds. The van der Waals surface area contributed by atoms with E-state index < -0.39 is 17.5 Å². The summed E-state index contributed by atoms with van der Waals surface area (Å²) in [6.07, 6.45) is 0. The lowest BCUT2D eigenvalue weighted by Crippen LogP contribution is -2.13. The van der Waals surface area contributed by atoms with Gasteiger partial charge in [0, 0.05) is 10.6 Å². The molecule has 0 spiro atoms. The van der Waals surface area contributed by atoms with Gasteiger partial charge < -0.3 is 11.1 Å². The second-order valence-electron chi connectivity index (χ2n) is 3.90. The molecule has 0 radical (unpaired) electrons. The minimum Gasteiger partial charge on any atom is -0.389 e. The number of benzene rings is 2. The summed E-state index contributed by atoms with van der Waals surface area (Å²) in [4.78, 5) is -0.259. The molecule has 0 fully saturated rings.